The second-order valence-electron chi connectivity index (χ2n) is 8.89. The molecule has 0 spiro atoms. The smallest absolute Gasteiger partial charge is 0.475 e. The Balaban J connectivity index is 0.000000344. The van der Waals surface area contributed by atoms with Gasteiger partial charge in [-0.25, -0.2) is 4.79 Å². The van der Waals surface area contributed by atoms with Gasteiger partial charge in [-0.05, 0) is 63.3 Å². The van der Waals surface area contributed by atoms with Crippen molar-refractivity contribution in [1.82, 2.24) is 24.8 Å². The summed E-state index contributed by atoms with van der Waals surface area (Å²) in [7, 11) is 0. The van der Waals surface area contributed by atoms with Crippen molar-refractivity contribution >= 4 is 16.9 Å². The number of nitrogens with zero attached hydrogens (tertiary/aromatic N) is 5. The van der Waals surface area contributed by atoms with E-state index in [9.17, 15) is 13.2 Å². The zero-order valence-electron chi connectivity index (χ0n) is 19.1. The van der Waals surface area contributed by atoms with Crippen molar-refractivity contribution in [2.24, 2.45) is 0 Å². The molecule has 1 atom stereocenters. The predicted octanol–water partition coefficient (Wildman–Crippen LogP) is 4.90. The second-order valence-corrected chi connectivity index (χ2v) is 8.89. The van der Waals surface area contributed by atoms with Crippen molar-refractivity contribution in [3.63, 3.8) is 0 Å². The first-order chi connectivity index (χ1) is 16.2. The van der Waals surface area contributed by atoms with Crippen molar-refractivity contribution in [2.45, 2.75) is 70.0 Å². The molecule has 184 valence electrons. The molecule has 1 saturated heterocycles. The van der Waals surface area contributed by atoms with Crippen molar-refractivity contribution in [3.8, 4) is 5.95 Å². The van der Waals surface area contributed by atoms with E-state index in [1.54, 1.807) is 0 Å². The van der Waals surface area contributed by atoms with E-state index in [0.29, 0.717) is 23.8 Å². The third-order valence-electron chi connectivity index (χ3n) is 6.54. The molecule has 0 amide bonds. The highest BCUT2D eigenvalue weighted by Gasteiger charge is 2.38. The fraction of sp³-hybridized carbons (Fsp3) is 0.565. The maximum absolute atomic E-state index is 10.6. The molecule has 2 fully saturated rings. The van der Waals surface area contributed by atoms with Gasteiger partial charge in [-0.2, -0.15) is 27.9 Å². The Kier molecular flexibility index (Phi) is 6.92. The van der Waals surface area contributed by atoms with Crippen LogP contribution in [-0.2, 0) is 4.79 Å². The molecule has 0 bridgehead atoms. The molecule has 8 nitrogen and oxygen atoms in total. The SMILES string of the molecule is CCC(C)N1CCC(c2nc(-n3nc(C4CC4)c4ccccc43)no2)CC1.O=C(O)C(F)(F)F. The molecule has 11 heteroatoms. The Morgan fingerprint density at radius 2 is 1.82 bits per heavy atom. The Labute approximate surface area is 194 Å². The maximum atomic E-state index is 10.6. The lowest BCUT2D eigenvalue weighted by atomic mass is 9.95. The van der Waals surface area contributed by atoms with Crippen LogP contribution in [0.25, 0.3) is 16.9 Å². The summed E-state index contributed by atoms with van der Waals surface area (Å²) in [4.78, 5) is 16.2. The van der Waals surface area contributed by atoms with Gasteiger partial charge in [0.1, 0.15) is 0 Å². The van der Waals surface area contributed by atoms with Crippen LogP contribution < -0.4 is 0 Å². The van der Waals surface area contributed by atoms with Crippen LogP contribution in [-0.4, -0.2) is 61.2 Å². The molecule has 1 aliphatic heterocycles. The van der Waals surface area contributed by atoms with Crippen LogP contribution in [0.3, 0.4) is 0 Å². The van der Waals surface area contributed by atoms with Crippen LogP contribution in [0, 0.1) is 0 Å². The van der Waals surface area contributed by atoms with Crippen LogP contribution in [0.1, 0.15) is 69.4 Å². The third kappa shape index (κ3) is 5.24. The number of aromatic nitrogens is 4. The molecule has 3 heterocycles. The number of likely N-dealkylation sites (tertiary alicyclic amines) is 1. The van der Waals surface area contributed by atoms with E-state index >= 15 is 0 Å². The first-order valence-electron chi connectivity index (χ1n) is 11.5. The zero-order valence-corrected chi connectivity index (χ0v) is 19.1. The molecular weight excluding hydrogens is 451 g/mol. The first-order valence-corrected chi connectivity index (χ1v) is 11.5. The number of carbonyl (C=O) groups is 1. The molecule has 1 aliphatic carbocycles. The van der Waals surface area contributed by atoms with Crippen molar-refractivity contribution in [3.05, 3.63) is 35.9 Å². The van der Waals surface area contributed by atoms with Gasteiger partial charge in [-0.1, -0.05) is 25.1 Å². The number of fused-ring (bicyclic) bond motifs is 1. The number of carboxylic acids is 1. The van der Waals surface area contributed by atoms with Crippen LogP contribution in [0.2, 0.25) is 0 Å². The molecule has 3 aromatic rings. The van der Waals surface area contributed by atoms with Crippen LogP contribution in [0.15, 0.2) is 28.8 Å². The summed E-state index contributed by atoms with van der Waals surface area (Å²) in [5, 5.41) is 17.5. The minimum absolute atomic E-state index is 0.358. The fourth-order valence-corrected chi connectivity index (χ4v) is 4.23. The summed E-state index contributed by atoms with van der Waals surface area (Å²) in [6.45, 7) is 6.78. The molecule has 1 aromatic carbocycles. The molecule has 1 unspecified atom stereocenters. The van der Waals surface area contributed by atoms with Crippen molar-refractivity contribution < 1.29 is 27.6 Å². The fourth-order valence-electron chi connectivity index (χ4n) is 4.23. The standard InChI is InChI=1S/C21H27N5O.C2HF3O2/c1-3-14(2)25-12-10-16(11-13-25)20-22-21(24-27-20)26-18-7-5-4-6-17(18)19(23-26)15-8-9-15;3-2(4,5)1(6)7/h4-7,14-16H,3,8-13H2,1-2H3;(H,6,7). The lowest BCUT2D eigenvalue weighted by Crippen LogP contribution is -2.39. The Bertz CT molecular complexity index is 1130. The Morgan fingerprint density at radius 1 is 1.18 bits per heavy atom. The lowest BCUT2D eigenvalue weighted by molar-refractivity contribution is -0.192. The van der Waals surface area contributed by atoms with E-state index in [-0.39, 0.29) is 0 Å². The summed E-state index contributed by atoms with van der Waals surface area (Å²) in [6.07, 6.45) is 0.740. The van der Waals surface area contributed by atoms with Gasteiger partial charge in [0.25, 0.3) is 5.95 Å². The van der Waals surface area contributed by atoms with E-state index in [1.165, 1.54) is 30.3 Å². The topological polar surface area (TPSA) is 97.3 Å². The summed E-state index contributed by atoms with van der Waals surface area (Å²) in [5.41, 5.74) is 2.25. The average molecular weight is 480 g/mol. The van der Waals surface area contributed by atoms with Gasteiger partial charge < -0.3 is 14.5 Å². The van der Waals surface area contributed by atoms with Gasteiger partial charge in [-0.15, -0.1) is 0 Å². The number of carboxylic acid groups (broad SMARTS) is 1. The van der Waals surface area contributed by atoms with E-state index in [2.05, 4.69) is 42.1 Å². The summed E-state index contributed by atoms with van der Waals surface area (Å²) in [6, 6.07) is 9.02. The molecule has 2 aliphatic rings. The lowest BCUT2D eigenvalue weighted by Gasteiger charge is -2.34. The number of halogens is 3. The number of hydrogen-bond donors (Lipinski definition) is 1. The highest BCUT2D eigenvalue weighted by molar-refractivity contribution is 5.83. The largest absolute Gasteiger partial charge is 0.490 e. The van der Waals surface area contributed by atoms with Gasteiger partial charge in [0.05, 0.1) is 11.2 Å². The molecule has 2 aromatic heterocycles. The number of aliphatic carboxylic acids is 1. The van der Waals surface area contributed by atoms with Gasteiger partial charge >= 0.3 is 12.1 Å². The highest BCUT2D eigenvalue weighted by atomic mass is 19.4. The molecule has 0 radical (unpaired) electrons. The van der Waals surface area contributed by atoms with Crippen molar-refractivity contribution in [1.29, 1.82) is 0 Å². The number of rotatable bonds is 5. The van der Waals surface area contributed by atoms with Crippen LogP contribution >= 0.6 is 0 Å². The van der Waals surface area contributed by atoms with Gasteiger partial charge in [0, 0.05) is 23.3 Å². The Hall–Kier alpha value is -2.95. The molecule has 34 heavy (non-hydrogen) atoms. The van der Waals surface area contributed by atoms with E-state index in [0.717, 1.165) is 37.3 Å². The molecule has 5 rings (SSSR count). The van der Waals surface area contributed by atoms with Crippen LogP contribution in [0.4, 0.5) is 13.2 Å². The summed E-state index contributed by atoms with van der Waals surface area (Å²) >= 11 is 0. The zero-order chi connectivity index (χ0) is 24.5. The predicted molar refractivity (Wildman–Crippen MR) is 118 cm³/mol. The molecular formula is C23H28F3N5O3. The summed E-state index contributed by atoms with van der Waals surface area (Å²) in [5.74, 6) is -0.477. The third-order valence-corrected chi connectivity index (χ3v) is 6.54. The van der Waals surface area contributed by atoms with E-state index < -0.39 is 12.1 Å². The van der Waals surface area contributed by atoms with Gasteiger partial charge in [0.2, 0.25) is 5.89 Å². The molecule has 1 N–H and O–H groups in total. The minimum atomic E-state index is -5.08. The van der Waals surface area contributed by atoms with E-state index in [4.69, 9.17) is 24.5 Å². The highest BCUT2D eigenvalue weighted by Crippen LogP contribution is 2.42. The van der Waals surface area contributed by atoms with Gasteiger partial charge in [0.15, 0.2) is 0 Å². The number of piperidine rings is 1. The number of alkyl halides is 3. The number of para-hydroxylation sites is 1. The normalized spacial score (nSPS) is 18.5. The van der Waals surface area contributed by atoms with Crippen LogP contribution in [0.5, 0.6) is 0 Å². The Morgan fingerprint density at radius 3 is 2.41 bits per heavy atom. The second kappa shape index (κ2) is 9.73. The number of hydrogen-bond acceptors (Lipinski definition) is 6. The molecule has 1 saturated carbocycles. The average Bonchev–Trinajstić information content (AvgIpc) is 3.42. The van der Waals surface area contributed by atoms with Gasteiger partial charge in [-0.3, -0.25) is 0 Å². The maximum Gasteiger partial charge on any atom is 0.490 e. The first kappa shape index (κ1) is 24.2. The monoisotopic (exact) mass is 479 g/mol. The van der Waals surface area contributed by atoms with E-state index in [1.807, 2.05) is 10.7 Å². The minimum Gasteiger partial charge on any atom is -0.475 e. The quantitative estimate of drug-likeness (QED) is 0.556. The summed E-state index contributed by atoms with van der Waals surface area (Å²) < 4.78 is 39.3. The van der Waals surface area contributed by atoms with Crippen molar-refractivity contribution in [2.75, 3.05) is 13.1 Å². The number of benzene rings is 1.